The highest BCUT2D eigenvalue weighted by molar-refractivity contribution is 5.88. The van der Waals surface area contributed by atoms with Gasteiger partial charge in [-0.3, -0.25) is 10.1 Å². The number of ether oxygens (including phenoxy) is 1. The van der Waals surface area contributed by atoms with Crippen LogP contribution in [0.2, 0.25) is 0 Å². The molecule has 0 aliphatic heterocycles. The van der Waals surface area contributed by atoms with Crippen LogP contribution in [0.3, 0.4) is 0 Å². The van der Waals surface area contributed by atoms with Crippen LogP contribution >= 0.6 is 0 Å². The van der Waals surface area contributed by atoms with Gasteiger partial charge in [0.1, 0.15) is 11.4 Å². The van der Waals surface area contributed by atoms with Crippen LogP contribution in [0.25, 0.3) is 28.0 Å². The molecule has 0 aliphatic rings. The molecule has 0 fully saturated rings. The van der Waals surface area contributed by atoms with Crippen molar-refractivity contribution in [1.82, 2.24) is 25.3 Å². The Labute approximate surface area is 168 Å². The molecule has 0 saturated heterocycles. The van der Waals surface area contributed by atoms with E-state index in [1.807, 2.05) is 48.7 Å². The first-order chi connectivity index (χ1) is 14.7. The molecule has 0 radical (unpaired) electrons. The van der Waals surface area contributed by atoms with Crippen LogP contribution in [-0.2, 0) is 0 Å². The lowest BCUT2D eigenvalue weighted by atomic mass is 10.2. The van der Waals surface area contributed by atoms with Crippen molar-refractivity contribution >= 4 is 16.7 Å². The smallest absolute Gasteiger partial charge is 0.301 e. The van der Waals surface area contributed by atoms with Crippen LogP contribution < -0.4 is 4.74 Å². The van der Waals surface area contributed by atoms with E-state index in [1.165, 1.54) is 12.1 Å². The molecule has 0 amide bonds. The average Bonchev–Trinajstić information content (AvgIpc) is 3.45. The molecule has 146 valence electrons. The fraction of sp³-hybridized carbons (Fsp3) is 0. The van der Waals surface area contributed by atoms with E-state index >= 15 is 0 Å². The van der Waals surface area contributed by atoms with Gasteiger partial charge in [0.15, 0.2) is 11.3 Å². The summed E-state index contributed by atoms with van der Waals surface area (Å²) in [5.74, 6) is 0.817. The standard InChI is InChI=1S/C20H12N6O4/c27-26(28)17-10-11-18(20-19(17)22-30-23-20)29-15-8-6-14(7-9-15)25-12-16(21-24-25)13-4-2-1-3-5-13/h1-12H. The molecule has 3 aromatic carbocycles. The molecule has 5 rings (SSSR count). The van der Waals surface area contributed by atoms with Gasteiger partial charge in [-0.05, 0) is 40.6 Å². The third-order valence-corrected chi connectivity index (χ3v) is 4.45. The number of non-ortho nitro benzene ring substituents is 1. The van der Waals surface area contributed by atoms with Crippen LogP contribution in [0.4, 0.5) is 5.69 Å². The number of benzene rings is 3. The van der Waals surface area contributed by atoms with Gasteiger partial charge in [0.2, 0.25) is 5.52 Å². The number of hydrogen-bond acceptors (Lipinski definition) is 8. The Balaban J connectivity index is 1.40. The minimum atomic E-state index is -0.549. The van der Waals surface area contributed by atoms with E-state index in [0.717, 1.165) is 16.9 Å². The highest BCUT2D eigenvalue weighted by Crippen LogP contribution is 2.33. The highest BCUT2D eigenvalue weighted by Gasteiger charge is 2.20. The van der Waals surface area contributed by atoms with Crippen molar-refractivity contribution in [2.45, 2.75) is 0 Å². The third-order valence-electron chi connectivity index (χ3n) is 4.45. The summed E-state index contributed by atoms with van der Waals surface area (Å²) in [7, 11) is 0. The minimum Gasteiger partial charge on any atom is -0.455 e. The number of hydrogen-bond donors (Lipinski definition) is 0. The molecule has 5 aromatic rings. The van der Waals surface area contributed by atoms with E-state index < -0.39 is 4.92 Å². The maximum Gasteiger partial charge on any atom is 0.301 e. The van der Waals surface area contributed by atoms with Gasteiger partial charge in [0, 0.05) is 11.6 Å². The second-order valence-electron chi connectivity index (χ2n) is 6.31. The summed E-state index contributed by atoms with van der Waals surface area (Å²) in [5.41, 5.74) is 2.56. The summed E-state index contributed by atoms with van der Waals surface area (Å²) in [4.78, 5) is 10.5. The Kier molecular flexibility index (Phi) is 4.14. The quantitative estimate of drug-likeness (QED) is 0.318. The van der Waals surface area contributed by atoms with E-state index in [1.54, 1.807) is 16.8 Å². The molecule has 0 saturated carbocycles. The summed E-state index contributed by atoms with van der Waals surface area (Å²) in [6, 6.07) is 19.7. The fourth-order valence-corrected chi connectivity index (χ4v) is 2.99. The zero-order valence-electron chi connectivity index (χ0n) is 15.2. The van der Waals surface area contributed by atoms with Crippen molar-refractivity contribution in [2.24, 2.45) is 0 Å². The van der Waals surface area contributed by atoms with Crippen LogP contribution in [0, 0.1) is 10.1 Å². The van der Waals surface area contributed by atoms with Crippen LogP contribution in [0.1, 0.15) is 0 Å². The lowest BCUT2D eigenvalue weighted by Crippen LogP contribution is -1.95. The molecule has 0 bridgehead atoms. The zero-order chi connectivity index (χ0) is 20.5. The van der Waals surface area contributed by atoms with Gasteiger partial charge in [0.05, 0.1) is 16.8 Å². The number of nitro benzene ring substituents is 1. The van der Waals surface area contributed by atoms with E-state index in [4.69, 9.17) is 4.74 Å². The molecule has 30 heavy (non-hydrogen) atoms. The van der Waals surface area contributed by atoms with E-state index in [9.17, 15) is 10.1 Å². The summed E-state index contributed by atoms with van der Waals surface area (Å²) >= 11 is 0. The number of fused-ring (bicyclic) bond motifs is 1. The van der Waals surface area contributed by atoms with Crippen molar-refractivity contribution in [3.05, 3.63) is 83.0 Å². The molecule has 0 N–H and O–H groups in total. The van der Waals surface area contributed by atoms with Crippen LogP contribution in [0.5, 0.6) is 11.5 Å². The van der Waals surface area contributed by atoms with Crippen LogP contribution in [-0.4, -0.2) is 30.2 Å². The number of aromatic nitrogens is 5. The molecule has 2 aromatic heterocycles. The molecule has 0 atom stereocenters. The van der Waals surface area contributed by atoms with Gasteiger partial charge in [0.25, 0.3) is 0 Å². The number of nitro groups is 1. The van der Waals surface area contributed by atoms with Gasteiger partial charge in [-0.25, -0.2) is 9.31 Å². The average molecular weight is 400 g/mol. The lowest BCUT2D eigenvalue weighted by molar-refractivity contribution is -0.383. The SMILES string of the molecule is O=[N+]([O-])c1ccc(Oc2ccc(-n3cc(-c4ccccc4)nn3)cc2)c2nonc12. The molecule has 0 aliphatic carbocycles. The second-order valence-corrected chi connectivity index (χ2v) is 6.31. The highest BCUT2D eigenvalue weighted by atomic mass is 16.6. The largest absolute Gasteiger partial charge is 0.455 e. The molecule has 2 heterocycles. The normalized spacial score (nSPS) is 10.9. The Morgan fingerprint density at radius 3 is 2.47 bits per heavy atom. The second kappa shape index (κ2) is 7.09. The predicted molar refractivity (Wildman–Crippen MR) is 105 cm³/mol. The van der Waals surface area contributed by atoms with Gasteiger partial charge < -0.3 is 4.74 Å². The monoisotopic (exact) mass is 400 g/mol. The Hall–Kier alpha value is -4.60. The third kappa shape index (κ3) is 3.11. The predicted octanol–water partition coefficient (Wildman–Crippen LogP) is 4.17. The molecule has 0 spiro atoms. The molecule has 10 heteroatoms. The first-order valence-electron chi connectivity index (χ1n) is 8.85. The Morgan fingerprint density at radius 2 is 1.70 bits per heavy atom. The van der Waals surface area contributed by atoms with Gasteiger partial charge in [-0.1, -0.05) is 35.5 Å². The van der Waals surface area contributed by atoms with Crippen molar-refractivity contribution in [1.29, 1.82) is 0 Å². The summed E-state index contributed by atoms with van der Waals surface area (Å²) in [6.45, 7) is 0. The zero-order valence-corrected chi connectivity index (χ0v) is 15.2. The van der Waals surface area contributed by atoms with Gasteiger partial charge in [-0.2, -0.15) is 0 Å². The molecule has 10 nitrogen and oxygen atoms in total. The summed E-state index contributed by atoms with van der Waals surface area (Å²) < 4.78 is 12.1. The molecule has 0 unspecified atom stereocenters. The van der Waals surface area contributed by atoms with Crippen molar-refractivity contribution < 1.29 is 14.3 Å². The summed E-state index contributed by atoms with van der Waals surface area (Å²) in [6.07, 6.45) is 1.84. The topological polar surface area (TPSA) is 122 Å². The van der Waals surface area contributed by atoms with Gasteiger partial charge in [-0.15, -0.1) is 5.10 Å². The summed E-state index contributed by atoms with van der Waals surface area (Å²) in [5, 5.41) is 26.8. The van der Waals surface area contributed by atoms with Crippen molar-refractivity contribution in [3.63, 3.8) is 0 Å². The van der Waals surface area contributed by atoms with E-state index in [0.29, 0.717) is 11.5 Å². The maximum absolute atomic E-state index is 11.1. The maximum atomic E-state index is 11.1. The first kappa shape index (κ1) is 17.5. The Morgan fingerprint density at radius 1 is 0.933 bits per heavy atom. The van der Waals surface area contributed by atoms with Crippen molar-refractivity contribution in [3.8, 4) is 28.4 Å². The Bertz CT molecular complexity index is 1350. The van der Waals surface area contributed by atoms with E-state index in [-0.39, 0.29) is 16.7 Å². The minimum absolute atomic E-state index is 0.0326. The van der Waals surface area contributed by atoms with Crippen LogP contribution in [0.15, 0.2) is 77.6 Å². The lowest BCUT2D eigenvalue weighted by Gasteiger charge is -2.07. The van der Waals surface area contributed by atoms with E-state index in [2.05, 4.69) is 25.3 Å². The number of nitrogens with zero attached hydrogens (tertiary/aromatic N) is 6. The number of rotatable bonds is 5. The van der Waals surface area contributed by atoms with Gasteiger partial charge >= 0.3 is 5.69 Å². The first-order valence-corrected chi connectivity index (χ1v) is 8.85. The fourth-order valence-electron chi connectivity index (χ4n) is 2.99. The molecular formula is C20H12N6O4. The molecular weight excluding hydrogens is 388 g/mol. The van der Waals surface area contributed by atoms with Crippen molar-refractivity contribution in [2.75, 3.05) is 0 Å².